The molecule has 142 valence electrons. The summed E-state index contributed by atoms with van der Waals surface area (Å²) < 4.78 is 14.3. The standard InChI is InChI=1S/C21H24FN3O2/c1-14(2)11-19(26)25-17-7-6-15(12-16(17)22)20(27)24-13-21(8-9-21)18-5-3-4-10-23-18/h3-7,10,12,14H,8-9,11,13H2,1-2H3,(H,24,27)(H,25,26). The lowest BCUT2D eigenvalue weighted by molar-refractivity contribution is -0.116. The summed E-state index contributed by atoms with van der Waals surface area (Å²) in [5, 5.41) is 5.42. The number of hydrogen-bond donors (Lipinski definition) is 2. The second-order valence-electron chi connectivity index (χ2n) is 7.52. The molecule has 0 radical (unpaired) electrons. The van der Waals surface area contributed by atoms with Gasteiger partial charge in [-0.3, -0.25) is 14.6 Å². The van der Waals surface area contributed by atoms with Crippen molar-refractivity contribution >= 4 is 17.5 Å². The van der Waals surface area contributed by atoms with Gasteiger partial charge in [-0.15, -0.1) is 0 Å². The number of carbonyl (C=O) groups excluding carboxylic acids is 2. The van der Waals surface area contributed by atoms with Crippen LogP contribution in [0, 0.1) is 11.7 Å². The summed E-state index contributed by atoms with van der Waals surface area (Å²) >= 11 is 0. The Balaban J connectivity index is 1.61. The van der Waals surface area contributed by atoms with E-state index < -0.39 is 5.82 Å². The SMILES string of the molecule is CC(C)CC(=O)Nc1ccc(C(=O)NCC2(c3ccccn3)CC2)cc1F. The molecule has 5 nitrogen and oxygen atoms in total. The lowest BCUT2D eigenvalue weighted by atomic mass is 10.0. The first-order valence-corrected chi connectivity index (χ1v) is 9.19. The third kappa shape index (κ3) is 4.70. The third-order valence-electron chi connectivity index (χ3n) is 4.75. The summed E-state index contributed by atoms with van der Waals surface area (Å²) in [7, 11) is 0. The maximum atomic E-state index is 14.3. The monoisotopic (exact) mass is 369 g/mol. The van der Waals surface area contributed by atoms with E-state index in [1.807, 2.05) is 32.0 Å². The van der Waals surface area contributed by atoms with Crippen LogP contribution in [-0.4, -0.2) is 23.3 Å². The fraction of sp³-hybridized carbons (Fsp3) is 0.381. The van der Waals surface area contributed by atoms with Gasteiger partial charge in [0.2, 0.25) is 5.91 Å². The number of carbonyl (C=O) groups is 2. The first-order chi connectivity index (χ1) is 12.9. The van der Waals surface area contributed by atoms with Crippen molar-refractivity contribution in [1.82, 2.24) is 10.3 Å². The lowest BCUT2D eigenvalue weighted by Crippen LogP contribution is -2.32. The van der Waals surface area contributed by atoms with Crippen LogP contribution in [0.25, 0.3) is 0 Å². The summed E-state index contributed by atoms with van der Waals surface area (Å²) in [4.78, 5) is 28.6. The number of aromatic nitrogens is 1. The molecule has 2 aromatic rings. The largest absolute Gasteiger partial charge is 0.351 e. The summed E-state index contributed by atoms with van der Waals surface area (Å²) in [5.41, 5.74) is 1.18. The Hall–Kier alpha value is -2.76. The third-order valence-corrected chi connectivity index (χ3v) is 4.75. The van der Waals surface area contributed by atoms with Crippen LogP contribution in [0.3, 0.4) is 0 Å². The van der Waals surface area contributed by atoms with Crippen molar-refractivity contribution in [2.45, 2.75) is 38.5 Å². The van der Waals surface area contributed by atoms with E-state index in [4.69, 9.17) is 0 Å². The molecule has 0 bridgehead atoms. The molecule has 2 N–H and O–H groups in total. The molecule has 3 rings (SSSR count). The van der Waals surface area contributed by atoms with Crippen molar-refractivity contribution in [2.24, 2.45) is 5.92 Å². The molecule has 0 saturated heterocycles. The van der Waals surface area contributed by atoms with Crippen LogP contribution in [0.4, 0.5) is 10.1 Å². The summed E-state index contributed by atoms with van der Waals surface area (Å²) in [6.45, 7) is 4.30. The molecule has 27 heavy (non-hydrogen) atoms. The van der Waals surface area contributed by atoms with Crippen molar-refractivity contribution < 1.29 is 14.0 Å². The molecule has 1 fully saturated rings. The summed E-state index contributed by atoms with van der Waals surface area (Å²) in [6, 6.07) is 9.86. The number of anilines is 1. The lowest BCUT2D eigenvalue weighted by Gasteiger charge is -2.16. The fourth-order valence-electron chi connectivity index (χ4n) is 3.03. The molecule has 0 aliphatic heterocycles. The molecule has 6 heteroatoms. The zero-order chi connectivity index (χ0) is 19.4. The maximum absolute atomic E-state index is 14.3. The predicted molar refractivity (Wildman–Crippen MR) is 102 cm³/mol. The predicted octanol–water partition coefficient (Wildman–Crippen LogP) is 3.67. The Labute approximate surface area is 158 Å². The molecular weight excluding hydrogens is 345 g/mol. The van der Waals surface area contributed by atoms with Gasteiger partial charge in [0.15, 0.2) is 0 Å². The van der Waals surface area contributed by atoms with Crippen molar-refractivity contribution in [1.29, 1.82) is 0 Å². The van der Waals surface area contributed by atoms with Crippen LogP contribution in [0.15, 0.2) is 42.6 Å². The van der Waals surface area contributed by atoms with Crippen LogP contribution in [0.2, 0.25) is 0 Å². The molecule has 1 aliphatic rings. The first kappa shape index (κ1) is 19.0. The number of rotatable bonds is 7. The highest BCUT2D eigenvalue weighted by atomic mass is 19.1. The molecule has 1 aliphatic carbocycles. The molecular formula is C21H24FN3O2. The summed E-state index contributed by atoms with van der Waals surface area (Å²) in [5.74, 6) is -1.01. The van der Waals surface area contributed by atoms with Gasteiger partial charge in [-0.1, -0.05) is 19.9 Å². The van der Waals surface area contributed by atoms with Gasteiger partial charge in [0.25, 0.3) is 5.91 Å². The smallest absolute Gasteiger partial charge is 0.251 e. The Bertz CT molecular complexity index is 833. The van der Waals surface area contributed by atoms with Crippen LogP contribution in [0.1, 0.15) is 49.2 Å². The number of benzene rings is 1. The van der Waals surface area contributed by atoms with Gasteiger partial charge in [0.1, 0.15) is 5.82 Å². The van der Waals surface area contributed by atoms with Gasteiger partial charge < -0.3 is 10.6 Å². The topological polar surface area (TPSA) is 71.1 Å². The van der Waals surface area contributed by atoms with Crippen LogP contribution in [0.5, 0.6) is 0 Å². The molecule has 1 saturated carbocycles. The molecule has 0 unspecified atom stereocenters. The fourth-order valence-corrected chi connectivity index (χ4v) is 3.03. The van der Waals surface area contributed by atoms with E-state index in [-0.39, 0.29) is 34.4 Å². The number of nitrogens with zero attached hydrogens (tertiary/aromatic N) is 1. The molecule has 0 spiro atoms. The molecule has 2 amide bonds. The minimum Gasteiger partial charge on any atom is -0.351 e. The van der Waals surface area contributed by atoms with E-state index in [0.29, 0.717) is 13.0 Å². The molecule has 1 aromatic heterocycles. The Morgan fingerprint density at radius 1 is 1.22 bits per heavy atom. The van der Waals surface area contributed by atoms with E-state index in [1.54, 1.807) is 6.20 Å². The van der Waals surface area contributed by atoms with Gasteiger partial charge in [0, 0.05) is 35.8 Å². The Kier molecular flexibility index (Phi) is 5.54. The highest BCUT2D eigenvalue weighted by Crippen LogP contribution is 2.46. The number of hydrogen-bond acceptors (Lipinski definition) is 3. The van der Waals surface area contributed by atoms with E-state index in [9.17, 15) is 14.0 Å². The van der Waals surface area contributed by atoms with E-state index >= 15 is 0 Å². The van der Waals surface area contributed by atoms with Gasteiger partial charge in [0.05, 0.1) is 5.69 Å². The first-order valence-electron chi connectivity index (χ1n) is 9.19. The average Bonchev–Trinajstić information content (AvgIpc) is 3.43. The quantitative estimate of drug-likeness (QED) is 0.782. The normalized spacial score (nSPS) is 14.7. The molecule has 1 heterocycles. The molecule has 0 atom stereocenters. The second-order valence-corrected chi connectivity index (χ2v) is 7.52. The van der Waals surface area contributed by atoms with Crippen molar-refractivity contribution in [3.8, 4) is 0 Å². The number of amides is 2. The zero-order valence-electron chi connectivity index (χ0n) is 15.6. The Morgan fingerprint density at radius 2 is 2.00 bits per heavy atom. The highest BCUT2D eigenvalue weighted by Gasteiger charge is 2.45. The highest BCUT2D eigenvalue weighted by molar-refractivity contribution is 5.96. The van der Waals surface area contributed by atoms with Gasteiger partial charge in [-0.05, 0) is 49.1 Å². The van der Waals surface area contributed by atoms with Crippen LogP contribution < -0.4 is 10.6 Å². The van der Waals surface area contributed by atoms with Crippen molar-refractivity contribution in [2.75, 3.05) is 11.9 Å². The molecule has 1 aromatic carbocycles. The minimum atomic E-state index is -0.620. The van der Waals surface area contributed by atoms with E-state index in [0.717, 1.165) is 24.6 Å². The van der Waals surface area contributed by atoms with Crippen LogP contribution in [-0.2, 0) is 10.2 Å². The Morgan fingerprint density at radius 3 is 2.59 bits per heavy atom. The minimum absolute atomic E-state index is 0.0874. The van der Waals surface area contributed by atoms with Crippen molar-refractivity contribution in [3.63, 3.8) is 0 Å². The maximum Gasteiger partial charge on any atom is 0.251 e. The second kappa shape index (κ2) is 7.86. The number of nitrogens with one attached hydrogen (secondary N) is 2. The number of halogens is 1. The summed E-state index contributed by atoms with van der Waals surface area (Å²) in [6.07, 6.45) is 4.01. The van der Waals surface area contributed by atoms with Crippen molar-refractivity contribution in [3.05, 3.63) is 59.7 Å². The van der Waals surface area contributed by atoms with Crippen LogP contribution >= 0.6 is 0 Å². The number of pyridine rings is 1. The van der Waals surface area contributed by atoms with E-state index in [1.165, 1.54) is 12.1 Å². The zero-order valence-corrected chi connectivity index (χ0v) is 15.6. The van der Waals surface area contributed by atoms with Gasteiger partial charge >= 0.3 is 0 Å². The van der Waals surface area contributed by atoms with Gasteiger partial charge in [-0.2, -0.15) is 0 Å². The van der Waals surface area contributed by atoms with E-state index in [2.05, 4.69) is 15.6 Å². The average molecular weight is 369 g/mol. The van der Waals surface area contributed by atoms with Gasteiger partial charge in [-0.25, -0.2) is 4.39 Å².